The maximum absolute atomic E-state index is 2.54. The highest BCUT2D eigenvalue weighted by Crippen LogP contribution is 2.14. The molecule has 1 heterocycles. The highest BCUT2D eigenvalue weighted by Gasteiger charge is 2.22. The molecule has 0 radical (unpaired) electrons. The predicted molar refractivity (Wildman–Crippen MR) is 43.9 cm³/mol. The lowest BCUT2D eigenvalue weighted by Crippen LogP contribution is -2.92. The van der Waals surface area contributed by atoms with Crippen molar-refractivity contribution in [3.63, 3.8) is 0 Å². The minimum atomic E-state index is 0.943. The molecule has 0 saturated carbocycles. The first-order valence-electron chi connectivity index (χ1n) is 4.68. The second kappa shape index (κ2) is 3.97. The minimum Gasteiger partial charge on any atom is -0.344 e. The Morgan fingerprint density at radius 2 is 2.30 bits per heavy atom. The fraction of sp³-hybridized carbons (Fsp3) is 1.00. The van der Waals surface area contributed by atoms with E-state index >= 15 is 0 Å². The molecule has 1 aliphatic heterocycles. The summed E-state index contributed by atoms with van der Waals surface area (Å²) in [6.45, 7) is 6.06. The summed E-state index contributed by atoms with van der Waals surface area (Å²) in [6.07, 6.45) is 5.66. The van der Waals surface area contributed by atoms with Crippen molar-refractivity contribution < 1.29 is 5.32 Å². The van der Waals surface area contributed by atoms with Crippen LogP contribution in [0.5, 0.6) is 0 Å². The lowest BCUT2D eigenvalue weighted by molar-refractivity contribution is -0.704. The number of quaternary nitrogens is 1. The van der Waals surface area contributed by atoms with E-state index in [4.69, 9.17) is 0 Å². The van der Waals surface area contributed by atoms with Gasteiger partial charge in [-0.15, -0.1) is 0 Å². The largest absolute Gasteiger partial charge is 0.344 e. The fourth-order valence-corrected chi connectivity index (χ4v) is 1.95. The van der Waals surface area contributed by atoms with Crippen LogP contribution in [0.4, 0.5) is 0 Å². The zero-order valence-electron chi connectivity index (χ0n) is 7.27. The molecule has 1 aliphatic rings. The van der Waals surface area contributed by atoms with Gasteiger partial charge in [0.25, 0.3) is 0 Å². The van der Waals surface area contributed by atoms with E-state index in [2.05, 4.69) is 19.2 Å². The summed E-state index contributed by atoms with van der Waals surface area (Å²) in [5, 5.41) is 2.54. The molecule has 0 spiro atoms. The molecule has 0 aromatic rings. The van der Waals surface area contributed by atoms with Crippen molar-refractivity contribution in [3.05, 3.63) is 0 Å². The van der Waals surface area contributed by atoms with Gasteiger partial charge in [-0.05, 0) is 19.3 Å². The first kappa shape index (κ1) is 8.06. The van der Waals surface area contributed by atoms with Crippen molar-refractivity contribution >= 4 is 0 Å². The standard InChI is InChI=1S/C9H19N/c1-3-5-9-8(2)6-4-7-10-9/h8-10H,3-7H2,1-2H3/p+1. The van der Waals surface area contributed by atoms with Gasteiger partial charge in [-0.2, -0.15) is 0 Å². The highest BCUT2D eigenvalue weighted by atomic mass is 14.9. The lowest BCUT2D eigenvalue weighted by Gasteiger charge is -2.26. The van der Waals surface area contributed by atoms with Crippen LogP contribution in [0.3, 0.4) is 0 Å². The first-order valence-corrected chi connectivity index (χ1v) is 4.68. The second-order valence-electron chi connectivity index (χ2n) is 3.60. The van der Waals surface area contributed by atoms with Crippen LogP contribution in [0.25, 0.3) is 0 Å². The Morgan fingerprint density at radius 1 is 1.50 bits per heavy atom. The summed E-state index contributed by atoms with van der Waals surface area (Å²) in [6, 6.07) is 0.943. The van der Waals surface area contributed by atoms with Crippen molar-refractivity contribution in [2.24, 2.45) is 5.92 Å². The Kier molecular flexibility index (Phi) is 3.20. The smallest absolute Gasteiger partial charge is 0.0884 e. The third-order valence-electron chi connectivity index (χ3n) is 2.69. The maximum Gasteiger partial charge on any atom is 0.0884 e. The molecule has 1 fully saturated rings. The third kappa shape index (κ3) is 1.98. The topological polar surface area (TPSA) is 16.6 Å². The molecule has 10 heavy (non-hydrogen) atoms. The van der Waals surface area contributed by atoms with Crippen LogP contribution in [0.15, 0.2) is 0 Å². The van der Waals surface area contributed by atoms with E-state index in [-0.39, 0.29) is 0 Å². The molecule has 0 aliphatic carbocycles. The van der Waals surface area contributed by atoms with E-state index in [0.29, 0.717) is 0 Å². The first-order chi connectivity index (χ1) is 4.84. The van der Waals surface area contributed by atoms with Gasteiger partial charge in [0.05, 0.1) is 12.6 Å². The van der Waals surface area contributed by atoms with Gasteiger partial charge in [0, 0.05) is 5.92 Å². The van der Waals surface area contributed by atoms with Crippen molar-refractivity contribution in [2.75, 3.05) is 6.54 Å². The molecular weight excluding hydrogens is 122 g/mol. The lowest BCUT2D eigenvalue weighted by atomic mass is 9.90. The van der Waals surface area contributed by atoms with Gasteiger partial charge in [0.15, 0.2) is 0 Å². The summed E-state index contributed by atoms with van der Waals surface area (Å²) < 4.78 is 0. The van der Waals surface area contributed by atoms with Crippen LogP contribution in [0.2, 0.25) is 0 Å². The van der Waals surface area contributed by atoms with E-state index in [1.165, 1.54) is 32.2 Å². The maximum atomic E-state index is 2.54. The van der Waals surface area contributed by atoms with Crippen molar-refractivity contribution in [1.82, 2.24) is 0 Å². The fourth-order valence-electron chi connectivity index (χ4n) is 1.95. The summed E-state index contributed by atoms with van der Waals surface area (Å²) in [5.74, 6) is 0.966. The summed E-state index contributed by atoms with van der Waals surface area (Å²) in [5.41, 5.74) is 0. The SMILES string of the molecule is CCCC1[NH2+]CCCC1C. The van der Waals surface area contributed by atoms with Gasteiger partial charge in [0.1, 0.15) is 0 Å². The van der Waals surface area contributed by atoms with Gasteiger partial charge >= 0.3 is 0 Å². The normalized spacial score (nSPS) is 34.2. The van der Waals surface area contributed by atoms with E-state index in [0.717, 1.165) is 12.0 Å². The molecule has 1 rings (SSSR count). The van der Waals surface area contributed by atoms with Crippen LogP contribution in [0.1, 0.15) is 39.5 Å². The monoisotopic (exact) mass is 142 g/mol. The Morgan fingerprint density at radius 3 is 2.90 bits per heavy atom. The number of rotatable bonds is 2. The average Bonchev–Trinajstić information content (AvgIpc) is 1.94. The summed E-state index contributed by atoms with van der Waals surface area (Å²) in [4.78, 5) is 0. The zero-order chi connectivity index (χ0) is 7.40. The van der Waals surface area contributed by atoms with Crippen molar-refractivity contribution in [1.29, 1.82) is 0 Å². The molecule has 0 aromatic heterocycles. The molecule has 60 valence electrons. The Balaban J connectivity index is 2.25. The minimum absolute atomic E-state index is 0.943. The van der Waals surface area contributed by atoms with Gasteiger partial charge in [-0.25, -0.2) is 0 Å². The molecule has 1 heteroatoms. The predicted octanol–water partition coefficient (Wildman–Crippen LogP) is 1.15. The zero-order valence-corrected chi connectivity index (χ0v) is 7.27. The van der Waals surface area contributed by atoms with Gasteiger partial charge in [0.2, 0.25) is 0 Å². The van der Waals surface area contributed by atoms with Crippen molar-refractivity contribution in [3.8, 4) is 0 Å². The Hall–Kier alpha value is -0.0400. The summed E-state index contributed by atoms with van der Waals surface area (Å²) in [7, 11) is 0. The van der Waals surface area contributed by atoms with Crippen molar-refractivity contribution in [2.45, 2.75) is 45.6 Å². The van der Waals surface area contributed by atoms with E-state index in [1.807, 2.05) is 0 Å². The number of piperidine rings is 1. The molecule has 0 amide bonds. The Bertz CT molecular complexity index is 88.7. The van der Waals surface area contributed by atoms with Crippen LogP contribution in [0, 0.1) is 5.92 Å². The molecule has 1 nitrogen and oxygen atoms in total. The molecule has 0 bridgehead atoms. The summed E-state index contributed by atoms with van der Waals surface area (Å²) >= 11 is 0. The number of hydrogen-bond acceptors (Lipinski definition) is 0. The van der Waals surface area contributed by atoms with Gasteiger partial charge in [-0.3, -0.25) is 0 Å². The molecule has 0 aromatic carbocycles. The molecular formula is C9H20N+. The highest BCUT2D eigenvalue weighted by molar-refractivity contribution is 4.66. The molecule has 2 N–H and O–H groups in total. The quantitative estimate of drug-likeness (QED) is 0.595. The van der Waals surface area contributed by atoms with Crippen LogP contribution < -0.4 is 5.32 Å². The molecule has 1 saturated heterocycles. The third-order valence-corrected chi connectivity index (χ3v) is 2.69. The van der Waals surface area contributed by atoms with Crippen LogP contribution >= 0.6 is 0 Å². The van der Waals surface area contributed by atoms with E-state index in [1.54, 1.807) is 0 Å². The van der Waals surface area contributed by atoms with Crippen LogP contribution in [-0.4, -0.2) is 12.6 Å². The van der Waals surface area contributed by atoms with E-state index in [9.17, 15) is 0 Å². The number of hydrogen-bond donors (Lipinski definition) is 1. The molecule has 2 atom stereocenters. The number of nitrogens with two attached hydrogens (primary N) is 1. The second-order valence-corrected chi connectivity index (χ2v) is 3.60. The van der Waals surface area contributed by atoms with E-state index < -0.39 is 0 Å². The van der Waals surface area contributed by atoms with Gasteiger partial charge < -0.3 is 5.32 Å². The Labute approximate surface area is 64.2 Å². The van der Waals surface area contributed by atoms with Gasteiger partial charge in [-0.1, -0.05) is 20.3 Å². The van der Waals surface area contributed by atoms with Crippen LogP contribution in [-0.2, 0) is 0 Å². The average molecular weight is 142 g/mol. The molecule has 2 unspecified atom stereocenters.